The number of esters is 1. The zero-order valence-corrected chi connectivity index (χ0v) is 8.28. The van der Waals surface area contributed by atoms with Gasteiger partial charge in [-0.2, -0.15) is 18.3 Å². The van der Waals surface area contributed by atoms with E-state index in [2.05, 4.69) is 15.0 Å². The summed E-state index contributed by atoms with van der Waals surface area (Å²) in [5.41, 5.74) is -3.50. The number of rotatable bonds is 2. The van der Waals surface area contributed by atoms with Crippen molar-refractivity contribution in [2.75, 3.05) is 6.61 Å². The second-order valence-corrected chi connectivity index (χ2v) is 3.08. The number of halogens is 3. The smallest absolute Gasteiger partial charge is 0.440 e. The van der Waals surface area contributed by atoms with Crippen LogP contribution in [0.3, 0.4) is 0 Å². The summed E-state index contributed by atoms with van der Waals surface area (Å²) in [6.45, 7) is 1.65. The monoisotopic (exact) mass is 238 g/mol. The van der Waals surface area contributed by atoms with E-state index in [9.17, 15) is 18.0 Å². The predicted octanol–water partition coefficient (Wildman–Crippen LogP) is 1.54. The molecule has 0 amide bonds. The van der Waals surface area contributed by atoms with E-state index in [1.807, 2.05) is 0 Å². The van der Waals surface area contributed by atoms with E-state index < -0.39 is 24.3 Å². The number of nitrogens with zero attached hydrogens (tertiary/aromatic N) is 2. The van der Waals surface area contributed by atoms with Crippen LogP contribution in [-0.2, 0) is 9.53 Å². The van der Waals surface area contributed by atoms with Crippen LogP contribution in [0.5, 0.6) is 0 Å². The molecule has 0 aromatic heterocycles. The van der Waals surface area contributed by atoms with Gasteiger partial charge in [0.25, 0.3) is 5.72 Å². The molecule has 0 saturated carbocycles. The molecule has 1 atom stereocenters. The highest BCUT2D eigenvalue weighted by atomic mass is 19.4. The van der Waals surface area contributed by atoms with Crippen LogP contribution in [0.1, 0.15) is 13.3 Å². The van der Waals surface area contributed by atoms with E-state index in [0.29, 0.717) is 0 Å². The van der Waals surface area contributed by atoms with Crippen molar-refractivity contribution in [3.63, 3.8) is 0 Å². The number of aliphatic hydroxyl groups is 1. The first kappa shape index (κ1) is 12.6. The highest BCUT2D eigenvalue weighted by Crippen LogP contribution is 2.40. The molecule has 0 saturated heterocycles. The largest absolute Gasteiger partial charge is 0.463 e. The highest BCUT2D eigenvalue weighted by molar-refractivity contribution is 5.82. The Morgan fingerprint density at radius 1 is 1.69 bits per heavy atom. The van der Waals surface area contributed by atoms with Gasteiger partial charge in [-0.15, -0.1) is 5.11 Å². The van der Waals surface area contributed by atoms with E-state index in [1.54, 1.807) is 6.92 Å². The third kappa shape index (κ3) is 2.57. The van der Waals surface area contributed by atoms with Crippen molar-refractivity contribution in [2.24, 2.45) is 10.2 Å². The Hall–Kier alpha value is -1.44. The quantitative estimate of drug-likeness (QED) is 0.585. The van der Waals surface area contributed by atoms with Crippen molar-refractivity contribution in [1.29, 1.82) is 0 Å². The van der Waals surface area contributed by atoms with Gasteiger partial charge < -0.3 is 9.84 Å². The maximum Gasteiger partial charge on any atom is 0.440 e. The van der Waals surface area contributed by atoms with E-state index in [1.165, 1.54) is 0 Å². The topological polar surface area (TPSA) is 71.2 Å². The minimum atomic E-state index is -4.92. The van der Waals surface area contributed by atoms with E-state index in [4.69, 9.17) is 5.11 Å². The number of alkyl halides is 3. The second-order valence-electron chi connectivity index (χ2n) is 3.08. The number of azo groups is 1. The highest BCUT2D eigenvalue weighted by Gasteiger charge is 2.57. The van der Waals surface area contributed by atoms with Crippen molar-refractivity contribution < 1.29 is 27.8 Å². The molecular formula is C8H9F3N2O3. The molecule has 0 aliphatic carbocycles. The van der Waals surface area contributed by atoms with Gasteiger partial charge in [0, 0.05) is 6.08 Å². The molecule has 0 spiro atoms. The summed E-state index contributed by atoms with van der Waals surface area (Å²) in [5.74, 6) is -0.817. The summed E-state index contributed by atoms with van der Waals surface area (Å²) >= 11 is 0. The van der Waals surface area contributed by atoms with Crippen LogP contribution in [0.4, 0.5) is 13.2 Å². The van der Waals surface area contributed by atoms with Gasteiger partial charge in [-0.3, -0.25) is 0 Å². The third-order valence-corrected chi connectivity index (χ3v) is 1.80. The Morgan fingerprint density at radius 3 is 2.75 bits per heavy atom. The Labute approximate surface area is 88.6 Å². The first-order valence-corrected chi connectivity index (χ1v) is 4.38. The van der Waals surface area contributed by atoms with Crippen molar-refractivity contribution in [1.82, 2.24) is 0 Å². The number of carbonyl (C=O) groups is 1. The zero-order chi connectivity index (χ0) is 12.4. The molecule has 90 valence electrons. The van der Waals surface area contributed by atoms with E-state index in [0.717, 1.165) is 6.08 Å². The van der Waals surface area contributed by atoms with Gasteiger partial charge in [-0.05, 0) is 6.92 Å². The first-order chi connectivity index (χ1) is 7.28. The predicted molar refractivity (Wildman–Crippen MR) is 45.2 cm³/mol. The van der Waals surface area contributed by atoms with Crippen molar-refractivity contribution in [3.8, 4) is 0 Å². The van der Waals surface area contributed by atoms with Crippen molar-refractivity contribution >= 4 is 5.97 Å². The third-order valence-electron chi connectivity index (χ3n) is 1.80. The lowest BCUT2D eigenvalue weighted by atomic mass is 10.1. The van der Waals surface area contributed by atoms with Crippen LogP contribution in [0.2, 0.25) is 0 Å². The summed E-state index contributed by atoms with van der Waals surface area (Å²) < 4.78 is 41.2. The summed E-state index contributed by atoms with van der Waals surface area (Å²) in [4.78, 5) is 10.9. The number of hydrogen-bond donors (Lipinski definition) is 1. The molecule has 1 aliphatic heterocycles. The van der Waals surface area contributed by atoms with Crippen LogP contribution >= 0.6 is 0 Å². The summed E-state index contributed by atoms with van der Waals surface area (Å²) in [6, 6.07) is 0. The molecule has 0 radical (unpaired) electrons. The Morgan fingerprint density at radius 2 is 2.31 bits per heavy atom. The minimum Gasteiger partial charge on any atom is -0.463 e. The van der Waals surface area contributed by atoms with Gasteiger partial charge in [0.05, 0.1) is 18.7 Å². The molecule has 1 unspecified atom stereocenters. The van der Waals surface area contributed by atoms with E-state index in [-0.39, 0.29) is 12.3 Å². The molecule has 1 rings (SSSR count). The zero-order valence-electron chi connectivity index (χ0n) is 8.28. The SMILES string of the molecule is CCOC(=O)/C=C1/CC(O)(C(F)(F)F)N=N1. The average Bonchev–Trinajstić information content (AvgIpc) is 2.48. The molecular weight excluding hydrogens is 229 g/mol. The molecule has 0 bridgehead atoms. The van der Waals surface area contributed by atoms with Crippen molar-refractivity contribution in [2.45, 2.75) is 25.2 Å². The maximum atomic E-state index is 12.3. The fourth-order valence-corrected chi connectivity index (χ4v) is 1.03. The molecule has 5 nitrogen and oxygen atoms in total. The second kappa shape index (κ2) is 4.20. The fraction of sp³-hybridized carbons (Fsp3) is 0.625. The molecule has 8 heteroatoms. The van der Waals surface area contributed by atoms with Crippen LogP contribution in [-0.4, -0.2) is 29.6 Å². The molecule has 0 fully saturated rings. The number of hydrogen-bond acceptors (Lipinski definition) is 5. The molecule has 0 aromatic rings. The van der Waals surface area contributed by atoms with Crippen LogP contribution < -0.4 is 0 Å². The van der Waals surface area contributed by atoms with Crippen molar-refractivity contribution in [3.05, 3.63) is 11.8 Å². The van der Waals surface area contributed by atoms with Crippen LogP contribution in [0.15, 0.2) is 22.0 Å². The normalized spacial score (nSPS) is 27.4. The molecule has 1 N–H and O–H groups in total. The molecule has 1 aliphatic rings. The maximum absolute atomic E-state index is 12.3. The van der Waals surface area contributed by atoms with E-state index >= 15 is 0 Å². The van der Waals surface area contributed by atoms with Gasteiger partial charge >= 0.3 is 12.1 Å². The first-order valence-electron chi connectivity index (χ1n) is 4.38. The Kier molecular flexibility index (Phi) is 3.32. The lowest BCUT2D eigenvalue weighted by molar-refractivity contribution is -0.254. The number of carbonyl (C=O) groups excluding carboxylic acids is 1. The Balaban J connectivity index is 2.74. The van der Waals surface area contributed by atoms with Crippen LogP contribution in [0.25, 0.3) is 0 Å². The van der Waals surface area contributed by atoms with Gasteiger partial charge in [-0.1, -0.05) is 0 Å². The standard InChI is InChI=1S/C8H9F3N2O3/c1-2-16-6(14)3-5-4-7(15,13-12-5)8(9,10)11/h3,15H,2,4H2,1H3/b5-3-. The summed E-state index contributed by atoms with van der Waals surface area (Å²) in [6.07, 6.45) is -5.02. The Bertz CT molecular complexity index is 351. The number of ether oxygens (including phenoxy) is 1. The fourth-order valence-electron chi connectivity index (χ4n) is 1.03. The lowest BCUT2D eigenvalue weighted by Crippen LogP contribution is -2.41. The summed E-state index contributed by atoms with van der Waals surface area (Å²) in [7, 11) is 0. The van der Waals surface area contributed by atoms with Gasteiger partial charge in [0.2, 0.25) is 0 Å². The molecule has 0 aromatic carbocycles. The van der Waals surface area contributed by atoms with Gasteiger partial charge in [-0.25, -0.2) is 4.79 Å². The van der Waals surface area contributed by atoms with Gasteiger partial charge in [0.15, 0.2) is 0 Å². The molecule has 1 heterocycles. The van der Waals surface area contributed by atoms with Crippen LogP contribution in [0, 0.1) is 0 Å². The summed E-state index contributed by atoms with van der Waals surface area (Å²) in [5, 5.41) is 14.9. The average molecular weight is 238 g/mol. The minimum absolute atomic E-state index is 0.100. The van der Waals surface area contributed by atoms with Gasteiger partial charge in [0.1, 0.15) is 0 Å². The lowest BCUT2D eigenvalue weighted by Gasteiger charge is -2.19. The molecule has 16 heavy (non-hydrogen) atoms.